The lowest BCUT2D eigenvalue weighted by molar-refractivity contribution is -0.384. The molecule has 8 heteroatoms. The number of hydrogen-bond donors (Lipinski definition) is 2. The maximum Gasteiger partial charge on any atom is 0.269 e. The van der Waals surface area contributed by atoms with Crippen LogP contribution in [0.15, 0.2) is 47.5 Å². The number of nitrogens with one attached hydrogen (secondary N) is 2. The summed E-state index contributed by atoms with van der Waals surface area (Å²) in [5.41, 5.74) is 1.76. The van der Waals surface area contributed by atoms with Gasteiger partial charge in [0.2, 0.25) is 0 Å². The van der Waals surface area contributed by atoms with Crippen LogP contribution in [0, 0.1) is 10.1 Å². The maximum absolute atomic E-state index is 10.7. The summed E-state index contributed by atoms with van der Waals surface area (Å²) in [6.45, 7) is 0.477. The Balaban J connectivity index is 2.00. The Kier molecular flexibility index (Phi) is 6.16. The fourth-order valence-electron chi connectivity index (χ4n) is 2.15. The van der Waals surface area contributed by atoms with Crippen molar-refractivity contribution in [3.8, 4) is 11.5 Å². The van der Waals surface area contributed by atoms with Gasteiger partial charge in [0.05, 0.1) is 19.1 Å². The molecule has 25 heavy (non-hydrogen) atoms. The van der Waals surface area contributed by atoms with Crippen molar-refractivity contribution in [3.05, 3.63) is 58.1 Å². The minimum absolute atomic E-state index is 0.0663. The van der Waals surface area contributed by atoms with Crippen LogP contribution in [-0.2, 0) is 6.54 Å². The van der Waals surface area contributed by atoms with Crippen LogP contribution in [-0.4, -0.2) is 32.2 Å². The smallest absolute Gasteiger partial charge is 0.269 e. The fraction of sp³-hybridized carbons (Fsp3) is 0.235. The number of anilines is 1. The van der Waals surface area contributed by atoms with Gasteiger partial charge >= 0.3 is 0 Å². The normalized spacial score (nSPS) is 10.9. The Bertz CT molecular complexity index is 760. The highest BCUT2D eigenvalue weighted by Gasteiger charge is 2.07. The number of non-ortho nitro benzene ring substituents is 1. The molecule has 0 unspecified atom stereocenters. The molecule has 2 aromatic rings. The van der Waals surface area contributed by atoms with Gasteiger partial charge < -0.3 is 20.1 Å². The predicted octanol–water partition coefficient (Wildman–Crippen LogP) is 2.80. The summed E-state index contributed by atoms with van der Waals surface area (Å²) >= 11 is 0. The van der Waals surface area contributed by atoms with Crippen molar-refractivity contribution in [2.24, 2.45) is 4.99 Å². The Hall–Kier alpha value is -3.29. The van der Waals surface area contributed by atoms with E-state index in [1.54, 1.807) is 45.5 Å². The molecule has 0 saturated carbocycles. The van der Waals surface area contributed by atoms with E-state index in [1.807, 2.05) is 6.07 Å². The van der Waals surface area contributed by atoms with E-state index >= 15 is 0 Å². The molecule has 8 nitrogen and oxygen atoms in total. The highest BCUT2D eigenvalue weighted by Crippen LogP contribution is 2.29. The first-order chi connectivity index (χ1) is 12.1. The van der Waals surface area contributed by atoms with Gasteiger partial charge in [0.1, 0.15) is 0 Å². The van der Waals surface area contributed by atoms with Crippen molar-refractivity contribution in [1.29, 1.82) is 0 Å². The number of aliphatic imine (C=N–C) groups is 1. The zero-order chi connectivity index (χ0) is 18.2. The lowest BCUT2D eigenvalue weighted by Crippen LogP contribution is -2.30. The van der Waals surface area contributed by atoms with Crippen molar-refractivity contribution in [2.75, 3.05) is 26.6 Å². The lowest BCUT2D eigenvalue weighted by atomic mass is 10.2. The molecule has 0 aromatic heterocycles. The molecule has 2 aromatic carbocycles. The molecule has 0 atom stereocenters. The van der Waals surface area contributed by atoms with Gasteiger partial charge in [-0.25, -0.2) is 0 Å². The summed E-state index contributed by atoms with van der Waals surface area (Å²) in [6.07, 6.45) is 0. The topological polar surface area (TPSA) is 98.0 Å². The molecule has 0 aliphatic heterocycles. The van der Waals surface area contributed by atoms with Gasteiger partial charge in [0.15, 0.2) is 17.5 Å². The highest BCUT2D eigenvalue weighted by atomic mass is 16.6. The number of ether oxygens (including phenoxy) is 2. The van der Waals surface area contributed by atoms with Crippen LogP contribution >= 0.6 is 0 Å². The number of hydrogen-bond acceptors (Lipinski definition) is 5. The summed E-state index contributed by atoms with van der Waals surface area (Å²) in [5, 5.41) is 17.0. The van der Waals surface area contributed by atoms with Gasteiger partial charge in [0.25, 0.3) is 5.69 Å². The van der Waals surface area contributed by atoms with Crippen molar-refractivity contribution in [3.63, 3.8) is 0 Å². The minimum Gasteiger partial charge on any atom is -0.493 e. The van der Waals surface area contributed by atoms with E-state index in [4.69, 9.17) is 9.47 Å². The van der Waals surface area contributed by atoms with Gasteiger partial charge in [0, 0.05) is 37.5 Å². The number of benzene rings is 2. The average molecular weight is 344 g/mol. The third kappa shape index (κ3) is 4.84. The molecule has 2 N–H and O–H groups in total. The molecule has 0 aliphatic rings. The number of nitrogens with zero attached hydrogens (tertiary/aromatic N) is 2. The molecule has 0 radical (unpaired) electrons. The number of rotatable bonds is 6. The summed E-state index contributed by atoms with van der Waals surface area (Å²) in [6, 6.07) is 11.8. The number of nitro benzene ring substituents is 1. The average Bonchev–Trinajstić information content (AvgIpc) is 2.65. The maximum atomic E-state index is 10.7. The Morgan fingerprint density at radius 3 is 2.36 bits per heavy atom. The standard InChI is InChI=1S/C17H20N4O4/c1-18-17(19-11-12-4-7-14(8-5-12)21(22)23)20-13-6-9-15(24-2)16(10-13)25-3/h4-10H,11H2,1-3H3,(H2,18,19,20). The van der Waals surface area contributed by atoms with Gasteiger partial charge in [-0.05, 0) is 17.7 Å². The number of nitro groups is 1. The van der Waals surface area contributed by atoms with Gasteiger partial charge in [-0.15, -0.1) is 0 Å². The fourth-order valence-corrected chi connectivity index (χ4v) is 2.15. The van der Waals surface area contributed by atoms with E-state index in [0.29, 0.717) is 24.0 Å². The second-order valence-corrected chi connectivity index (χ2v) is 5.04. The first-order valence-corrected chi connectivity index (χ1v) is 7.50. The van der Waals surface area contributed by atoms with Crippen molar-refractivity contribution in [1.82, 2.24) is 5.32 Å². The van der Waals surface area contributed by atoms with Crippen molar-refractivity contribution >= 4 is 17.3 Å². The van der Waals surface area contributed by atoms with Crippen LogP contribution in [0.2, 0.25) is 0 Å². The van der Waals surface area contributed by atoms with Crippen LogP contribution in [0.4, 0.5) is 11.4 Å². The van der Waals surface area contributed by atoms with E-state index < -0.39 is 4.92 Å². The number of methoxy groups -OCH3 is 2. The van der Waals surface area contributed by atoms with Crippen LogP contribution < -0.4 is 20.1 Å². The van der Waals surface area contributed by atoms with E-state index in [-0.39, 0.29) is 5.69 Å². The van der Waals surface area contributed by atoms with Crippen molar-refractivity contribution in [2.45, 2.75) is 6.54 Å². The molecular formula is C17H20N4O4. The first kappa shape index (κ1) is 18.1. The van der Waals surface area contributed by atoms with Gasteiger partial charge in [-0.1, -0.05) is 12.1 Å². The summed E-state index contributed by atoms with van der Waals surface area (Å²) in [5.74, 6) is 1.81. The largest absolute Gasteiger partial charge is 0.493 e. The van der Waals surface area contributed by atoms with Crippen LogP contribution in [0.1, 0.15) is 5.56 Å². The van der Waals surface area contributed by atoms with Gasteiger partial charge in [-0.3, -0.25) is 15.1 Å². The predicted molar refractivity (Wildman–Crippen MR) is 96.5 cm³/mol. The zero-order valence-corrected chi connectivity index (χ0v) is 14.3. The van der Waals surface area contributed by atoms with E-state index in [9.17, 15) is 10.1 Å². The van der Waals surface area contributed by atoms with Crippen LogP contribution in [0.25, 0.3) is 0 Å². The van der Waals surface area contributed by atoms with Crippen LogP contribution in [0.5, 0.6) is 11.5 Å². The Morgan fingerprint density at radius 2 is 1.80 bits per heavy atom. The molecule has 0 spiro atoms. The lowest BCUT2D eigenvalue weighted by Gasteiger charge is -2.14. The quantitative estimate of drug-likeness (QED) is 0.362. The third-order valence-corrected chi connectivity index (χ3v) is 3.48. The molecule has 132 valence electrons. The van der Waals surface area contributed by atoms with E-state index in [1.165, 1.54) is 12.1 Å². The third-order valence-electron chi connectivity index (χ3n) is 3.48. The second kappa shape index (κ2) is 8.53. The molecule has 0 fully saturated rings. The number of guanidine groups is 1. The minimum atomic E-state index is -0.422. The molecule has 0 heterocycles. The molecular weight excluding hydrogens is 324 g/mol. The Labute approximate surface area is 145 Å². The summed E-state index contributed by atoms with van der Waals surface area (Å²) < 4.78 is 10.5. The monoisotopic (exact) mass is 344 g/mol. The molecule has 2 rings (SSSR count). The van der Waals surface area contributed by atoms with Crippen molar-refractivity contribution < 1.29 is 14.4 Å². The molecule has 0 amide bonds. The van der Waals surface area contributed by atoms with Gasteiger partial charge in [-0.2, -0.15) is 0 Å². The summed E-state index contributed by atoms with van der Waals surface area (Å²) in [4.78, 5) is 14.4. The highest BCUT2D eigenvalue weighted by molar-refractivity contribution is 5.93. The molecule has 0 saturated heterocycles. The van der Waals surface area contributed by atoms with E-state index in [0.717, 1.165) is 11.3 Å². The first-order valence-electron chi connectivity index (χ1n) is 7.50. The second-order valence-electron chi connectivity index (χ2n) is 5.04. The molecule has 0 bridgehead atoms. The van der Waals surface area contributed by atoms with Crippen LogP contribution in [0.3, 0.4) is 0 Å². The zero-order valence-electron chi connectivity index (χ0n) is 14.3. The molecule has 0 aliphatic carbocycles. The van der Waals surface area contributed by atoms with E-state index in [2.05, 4.69) is 15.6 Å². The Morgan fingerprint density at radius 1 is 1.12 bits per heavy atom. The SMILES string of the molecule is CN=C(NCc1ccc([N+](=O)[O-])cc1)Nc1ccc(OC)c(OC)c1. The summed E-state index contributed by atoms with van der Waals surface area (Å²) in [7, 11) is 4.81.